The summed E-state index contributed by atoms with van der Waals surface area (Å²) in [6.45, 7) is 0.687. The van der Waals surface area contributed by atoms with Crippen LogP contribution in [-0.4, -0.2) is 34.3 Å². The highest BCUT2D eigenvalue weighted by Gasteiger charge is 2.16. The van der Waals surface area contributed by atoms with Gasteiger partial charge >= 0.3 is 5.97 Å². The number of carbonyl (C=O) groups excluding carboxylic acids is 3. The van der Waals surface area contributed by atoms with Crippen molar-refractivity contribution in [3.63, 3.8) is 0 Å². The van der Waals surface area contributed by atoms with E-state index in [9.17, 15) is 24.5 Å². The number of amides is 2. The van der Waals surface area contributed by atoms with E-state index in [4.69, 9.17) is 16.3 Å². The lowest BCUT2D eigenvalue weighted by Gasteiger charge is -2.07. The van der Waals surface area contributed by atoms with Gasteiger partial charge in [0.05, 0.1) is 15.6 Å². The molecule has 1 aromatic heterocycles. The number of nitrogens with zero attached hydrogens (tertiary/aromatic N) is 2. The molecule has 0 aliphatic carbocycles. The quantitative estimate of drug-likeness (QED) is 0.432. The van der Waals surface area contributed by atoms with Gasteiger partial charge in [-0.3, -0.25) is 19.7 Å². The maximum atomic E-state index is 11.8. The SMILES string of the molecule is CC(=O)Nc1nc(C(=O)OCC(=O)Nc2ccc([N+](=O)[O-])cc2Cl)cs1. The van der Waals surface area contributed by atoms with Gasteiger partial charge in [0.1, 0.15) is 0 Å². The summed E-state index contributed by atoms with van der Waals surface area (Å²) < 4.78 is 4.81. The molecule has 0 radical (unpaired) electrons. The Bertz CT molecular complexity index is 884. The van der Waals surface area contributed by atoms with Gasteiger partial charge in [-0.2, -0.15) is 0 Å². The molecule has 1 aromatic carbocycles. The first-order chi connectivity index (χ1) is 12.3. The van der Waals surface area contributed by atoms with Crippen molar-refractivity contribution in [2.75, 3.05) is 17.2 Å². The van der Waals surface area contributed by atoms with E-state index in [2.05, 4.69) is 15.6 Å². The summed E-state index contributed by atoms with van der Waals surface area (Å²) >= 11 is 6.88. The summed E-state index contributed by atoms with van der Waals surface area (Å²) in [7, 11) is 0. The lowest BCUT2D eigenvalue weighted by atomic mass is 10.3. The fourth-order valence-corrected chi connectivity index (χ4v) is 2.63. The molecule has 0 saturated heterocycles. The molecule has 0 fully saturated rings. The number of hydrogen-bond donors (Lipinski definition) is 2. The topological polar surface area (TPSA) is 141 Å². The molecule has 12 heteroatoms. The van der Waals surface area contributed by atoms with Gasteiger partial charge in [-0.15, -0.1) is 11.3 Å². The molecule has 0 aliphatic heterocycles. The van der Waals surface area contributed by atoms with E-state index >= 15 is 0 Å². The van der Waals surface area contributed by atoms with Crippen molar-refractivity contribution >= 4 is 57.2 Å². The highest BCUT2D eigenvalue weighted by atomic mass is 35.5. The smallest absolute Gasteiger partial charge is 0.358 e. The minimum atomic E-state index is -0.845. The van der Waals surface area contributed by atoms with Gasteiger partial charge in [-0.25, -0.2) is 9.78 Å². The van der Waals surface area contributed by atoms with Crippen LogP contribution in [0.2, 0.25) is 5.02 Å². The van der Waals surface area contributed by atoms with Crippen molar-refractivity contribution in [2.24, 2.45) is 0 Å². The van der Waals surface area contributed by atoms with Crippen molar-refractivity contribution in [1.29, 1.82) is 0 Å². The van der Waals surface area contributed by atoms with E-state index in [1.54, 1.807) is 0 Å². The van der Waals surface area contributed by atoms with Gasteiger partial charge in [0.2, 0.25) is 5.91 Å². The summed E-state index contributed by atoms with van der Waals surface area (Å²) in [6, 6.07) is 3.52. The summed E-state index contributed by atoms with van der Waals surface area (Å²) in [5, 5.41) is 17.0. The molecule has 0 atom stereocenters. The lowest BCUT2D eigenvalue weighted by Crippen LogP contribution is -2.21. The molecule has 1 heterocycles. The van der Waals surface area contributed by atoms with Gasteiger partial charge in [0, 0.05) is 24.4 Å². The number of thiazole rings is 1. The predicted molar refractivity (Wildman–Crippen MR) is 93.4 cm³/mol. The van der Waals surface area contributed by atoms with E-state index in [1.807, 2.05) is 0 Å². The molecule has 136 valence electrons. The molecule has 10 nitrogen and oxygen atoms in total. The summed E-state index contributed by atoms with van der Waals surface area (Å²) in [5.41, 5.74) is -0.141. The van der Waals surface area contributed by atoms with Crippen molar-refractivity contribution < 1.29 is 24.0 Å². The van der Waals surface area contributed by atoms with E-state index < -0.39 is 23.4 Å². The number of nitrogens with one attached hydrogen (secondary N) is 2. The Labute approximate surface area is 155 Å². The van der Waals surface area contributed by atoms with Gasteiger partial charge in [0.15, 0.2) is 17.4 Å². The van der Waals surface area contributed by atoms with E-state index in [0.717, 1.165) is 17.4 Å². The number of rotatable bonds is 6. The average molecular weight is 399 g/mol. The van der Waals surface area contributed by atoms with Crippen LogP contribution < -0.4 is 10.6 Å². The highest BCUT2D eigenvalue weighted by Crippen LogP contribution is 2.26. The number of hydrogen-bond acceptors (Lipinski definition) is 8. The zero-order chi connectivity index (χ0) is 19.3. The Morgan fingerprint density at radius 2 is 2.08 bits per heavy atom. The number of aromatic nitrogens is 1. The number of non-ortho nitro benzene ring substituents is 1. The van der Waals surface area contributed by atoms with Crippen LogP contribution in [0.5, 0.6) is 0 Å². The Hall–Kier alpha value is -3.05. The van der Waals surface area contributed by atoms with Crippen LogP contribution in [0.4, 0.5) is 16.5 Å². The van der Waals surface area contributed by atoms with Crippen molar-refractivity contribution in [2.45, 2.75) is 6.92 Å². The molecule has 0 unspecified atom stereocenters. The Balaban J connectivity index is 1.90. The second-order valence-electron chi connectivity index (χ2n) is 4.76. The van der Waals surface area contributed by atoms with Crippen LogP contribution in [0.15, 0.2) is 23.6 Å². The van der Waals surface area contributed by atoms with E-state index in [1.165, 1.54) is 24.4 Å². The maximum absolute atomic E-state index is 11.8. The number of anilines is 2. The Morgan fingerprint density at radius 3 is 2.69 bits per heavy atom. The van der Waals surface area contributed by atoms with Crippen molar-refractivity contribution in [1.82, 2.24) is 4.98 Å². The first kappa shape index (κ1) is 19.3. The normalized spacial score (nSPS) is 10.1. The van der Waals surface area contributed by atoms with Gasteiger partial charge in [-0.1, -0.05) is 11.6 Å². The maximum Gasteiger partial charge on any atom is 0.358 e. The molecule has 2 N–H and O–H groups in total. The van der Waals surface area contributed by atoms with Crippen molar-refractivity contribution in [3.8, 4) is 0 Å². The number of nitro groups is 1. The van der Waals surface area contributed by atoms with Gasteiger partial charge in [0.25, 0.3) is 11.6 Å². The molecular weight excluding hydrogens is 388 g/mol. The standard InChI is InChI=1S/C14H11ClN4O6S/c1-7(20)16-14-18-11(6-26-14)13(22)25-5-12(21)17-10-3-2-8(19(23)24)4-9(10)15/h2-4,6H,5H2,1H3,(H,17,21)(H,16,18,20). The number of halogens is 1. The summed E-state index contributed by atoms with van der Waals surface area (Å²) in [5.74, 6) is -1.87. The zero-order valence-corrected chi connectivity index (χ0v) is 14.7. The van der Waals surface area contributed by atoms with Crippen LogP contribution in [0.3, 0.4) is 0 Å². The molecule has 0 aliphatic rings. The third-order valence-electron chi connectivity index (χ3n) is 2.77. The largest absolute Gasteiger partial charge is 0.451 e. The summed E-state index contributed by atoms with van der Waals surface area (Å²) in [6.07, 6.45) is 0. The van der Waals surface area contributed by atoms with Crippen LogP contribution >= 0.6 is 22.9 Å². The van der Waals surface area contributed by atoms with E-state index in [0.29, 0.717) is 0 Å². The van der Waals surface area contributed by atoms with Crippen LogP contribution in [0.25, 0.3) is 0 Å². The molecule has 26 heavy (non-hydrogen) atoms. The second-order valence-corrected chi connectivity index (χ2v) is 6.03. The van der Waals surface area contributed by atoms with Crippen LogP contribution in [0, 0.1) is 10.1 Å². The fourth-order valence-electron chi connectivity index (χ4n) is 1.69. The number of esters is 1. The van der Waals surface area contributed by atoms with Crippen LogP contribution in [0.1, 0.15) is 17.4 Å². The monoisotopic (exact) mass is 398 g/mol. The molecule has 0 spiro atoms. The number of carbonyl (C=O) groups is 3. The predicted octanol–water partition coefficient (Wildman–Crippen LogP) is 2.46. The third-order valence-corrected chi connectivity index (χ3v) is 3.84. The van der Waals surface area contributed by atoms with Gasteiger partial charge in [-0.05, 0) is 6.07 Å². The Kier molecular flexibility index (Phi) is 6.20. The van der Waals surface area contributed by atoms with Gasteiger partial charge < -0.3 is 15.4 Å². The van der Waals surface area contributed by atoms with Crippen molar-refractivity contribution in [3.05, 3.63) is 44.4 Å². The average Bonchev–Trinajstić information content (AvgIpc) is 3.02. The first-order valence-electron chi connectivity index (χ1n) is 6.90. The zero-order valence-electron chi connectivity index (χ0n) is 13.1. The minimum absolute atomic E-state index is 0.0293. The number of ether oxygens (including phenoxy) is 1. The summed E-state index contributed by atoms with van der Waals surface area (Å²) in [4.78, 5) is 48.4. The molecule has 2 rings (SSSR count). The van der Waals surface area contributed by atoms with Crippen LogP contribution in [-0.2, 0) is 14.3 Å². The lowest BCUT2D eigenvalue weighted by molar-refractivity contribution is -0.384. The number of nitro benzene ring substituents is 1. The number of benzene rings is 1. The third kappa shape index (κ3) is 5.22. The first-order valence-corrected chi connectivity index (χ1v) is 8.16. The molecule has 2 amide bonds. The second kappa shape index (κ2) is 8.36. The van der Waals surface area contributed by atoms with E-state index in [-0.39, 0.29) is 33.1 Å². The fraction of sp³-hybridized carbons (Fsp3) is 0.143. The Morgan fingerprint density at radius 1 is 1.35 bits per heavy atom. The molecule has 2 aromatic rings. The molecular formula is C14H11ClN4O6S. The molecule has 0 saturated carbocycles. The minimum Gasteiger partial charge on any atom is -0.451 e. The molecule has 0 bridgehead atoms. The highest BCUT2D eigenvalue weighted by molar-refractivity contribution is 7.14.